The molecule has 0 aliphatic rings. The van der Waals surface area contributed by atoms with Gasteiger partial charge in [0.15, 0.2) is 0 Å². The molecular weight excluding hydrogens is 368 g/mol. The van der Waals surface area contributed by atoms with Crippen molar-refractivity contribution in [2.24, 2.45) is 0 Å². The van der Waals surface area contributed by atoms with Crippen LogP contribution in [0.25, 0.3) is 0 Å². The Labute approximate surface area is 173 Å². The third kappa shape index (κ3) is 6.24. The van der Waals surface area contributed by atoms with Crippen LogP contribution in [0, 0.1) is 0 Å². The van der Waals surface area contributed by atoms with E-state index in [2.05, 4.69) is 0 Å². The van der Waals surface area contributed by atoms with Crippen molar-refractivity contribution >= 4 is 23.3 Å². The number of hydrogen-bond donors (Lipinski definition) is 0. The van der Waals surface area contributed by atoms with Crippen LogP contribution in [0.15, 0.2) is 42.5 Å². The van der Waals surface area contributed by atoms with Crippen LogP contribution < -0.4 is 14.5 Å². The molecule has 2 aromatic rings. The Kier molecular flexibility index (Phi) is 6.90. The van der Waals surface area contributed by atoms with E-state index in [1.807, 2.05) is 70.1 Å². The van der Waals surface area contributed by atoms with E-state index in [4.69, 9.17) is 9.47 Å². The molecule has 1 amide bonds. The van der Waals surface area contributed by atoms with Crippen molar-refractivity contribution in [2.45, 2.75) is 39.9 Å². The molecule has 156 valence electrons. The Morgan fingerprint density at radius 3 is 2.03 bits per heavy atom. The monoisotopic (exact) mass is 398 g/mol. The molecule has 2 rings (SSSR count). The molecular formula is C23H30N2O4. The SMILES string of the molecule is CC(=O)N(C)c1ccc(OCc2ccc(N(C)C)cc2C(=O)OC(C)(C)C)cc1. The lowest BCUT2D eigenvalue weighted by atomic mass is 10.1. The van der Waals surface area contributed by atoms with Crippen LogP contribution >= 0.6 is 0 Å². The summed E-state index contributed by atoms with van der Waals surface area (Å²) in [5, 5.41) is 0. The Morgan fingerprint density at radius 2 is 1.52 bits per heavy atom. The minimum absolute atomic E-state index is 0.0401. The van der Waals surface area contributed by atoms with Gasteiger partial charge in [0.1, 0.15) is 18.0 Å². The summed E-state index contributed by atoms with van der Waals surface area (Å²) in [6.45, 7) is 7.27. The van der Waals surface area contributed by atoms with Crippen molar-refractivity contribution in [3.8, 4) is 5.75 Å². The normalized spacial score (nSPS) is 11.0. The smallest absolute Gasteiger partial charge is 0.339 e. The topological polar surface area (TPSA) is 59.1 Å². The summed E-state index contributed by atoms with van der Waals surface area (Å²) >= 11 is 0. The molecule has 0 radical (unpaired) electrons. The van der Waals surface area contributed by atoms with Crippen molar-refractivity contribution in [1.29, 1.82) is 0 Å². The molecule has 0 N–H and O–H groups in total. The van der Waals surface area contributed by atoms with Gasteiger partial charge in [-0.3, -0.25) is 4.79 Å². The maximum Gasteiger partial charge on any atom is 0.339 e. The fraction of sp³-hybridized carbons (Fsp3) is 0.391. The number of carbonyl (C=O) groups excluding carboxylic acids is 2. The number of rotatable bonds is 6. The van der Waals surface area contributed by atoms with Crippen molar-refractivity contribution in [3.05, 3.63) is 53.6 Å². The van der Waals surface area contributed by atoms with E-state index in [0.717, 1.165) is 16.9 Å². The van der Waals surface area contributed by atoms with E-state index in [1.54, 1.807) is 24.1 Å². The molecule has 0 bridgehead atoms. The zero-order valence-electron chi connectivity index (χ0n) is 18.3. The van der Waals surface area contributed by atoms with E-state index < -0.39 is 5.60 Å². The van der Waals surface area contributed by atoms with E-state index in [1.165, 1.54) is 6.92 Å². The summed E-state index contributed by atoms with van der Waals surface area (Å²) in [5.41, 5.74) is 2.34. The summed E-state index contributed by atoms with van der Waals surface area (Å²) in [6, 6.07) is 12.9. The average molecular weight is 399 g/mol. The predicted molar refractivity (Wildman–Crippen MR) is 116 cm³/mol. The number of ether oxygens (including phenoxy) is 2. The summed E-state index contributed by atoms with van der Waals surface area (Å²) < 4.78 is 11.4. The zero-order chi connectivity index (χ0) is 21.8. The van der Waals surface area contributed by atoms with Crippen LogP contribution in [0.1, 0.15) is 43.6 Å². The van der Waals surface area contributed by atoms with Crippen molar-refractivity contribution in [3.63, 3.8) is 0 Å². The van der Waals surface area contributed by atoms with Gasteiger partial charge in [-0.25, -0.2) is 4.79 Å². The van der Waals surface area contributed by atoms with Gasteiger partial charge < -0.3 is 19.3 Å². The Bertz CT molecular complexity index is 867. The zero-order valence-corrected chi connectivity index (χ0v) is 18.3. The van der Waals surface area contributed by atoms with Gasteiger partial charge >= 0.3 is 5.97 Å². The minimum Gasteiger partial charge on any atom is -0.489 e. The molecule has 0 spiro atoms. The van der Waals surface area contributed by atoms with E-state index in [9.17, 15) is 9.59 Å². The summed E-state index contributed by atoms with van der Waals surface area (Å²) in [4.78, 5) is 27.7. The number of carbonyl (C=O) groups is 2. The molecule has 0 heterocycles. The van der Waals surface area contributed by atoms with Gasteiger partial charge in [-0.15, -0.1) is 0 Å². The molecule has 0 aliphatic carbocycles. The molecule has 0 aromatic heterocycles. The van der Waals surface area contributed by atoms with E-state index >= 15 is 0 Å². The largest absolute Gasteiger partial charge is 0.489 e. The second kappa shape index (κ2) is 8.99. The highest BCUT2D eigenvalue weighted by Gasteiger charge is 2.21. The molecule has 0 fully saturated rings. The molecule has 6 heteroatoms. The summed E-state index contributed by atoms with van der Waals surface area (Å²) in [5.74, 6) is 0.234. The van der Waals surface area contributed by atoms with Gasteiger partial charge in [0.2, 0.25) is 5.91 Å². The van der Waals surface area contributed by atoms with Crippen molar-refractivity contribution in [2.75, 3.05) is 30.9 Å². The Balaban J connectivity index is 2.21. The average Bonchev–Trinajstić information content (AvgIpc) is 2.64. The molecule has 0 saturated heterocycles. The highest BCUT2D eigenvalue weighted by atomic mass is 16.6. The number of nitrogens with zero attached hydrogens (tertiary/aromatic N) is 2. The number of benzene rings is 2. The standard InChI is InChI=1S/C23H30N2O4/c1-16(26)25(7)18-10-12-20(13-11-18)28-15-17-8-9-19(24(5)6)14-21(17)22(27)29-23(2,3)4/h8-14H,15H2,1-7H3. The van der Waals surface area contributed by atoms with Crippen LogP contribution in [-0.4, -0.2) is 38.6 Å². The molecule has 0 aliphatic heterocycles. The first-order valence-electron chi connectivity index (χ1n) is 9.48. The number of hydrogen-bond acceptors (Lipinski definition) is 5. The maximum atomic E-state index is 12.7. The van der Waals surface area contributed by atoms with E-state index in [0.29, 0.717) is 11.3 Å². The second-order valence-corrected chi connectivity index (χ2v) is 8.10. The predicted octanol–water partition coefficient (Wildman–Crippen LogP) is 4.27. The molecule has 0 saturated carbocycles. The molecule has 6 nitrogen and oxygen atoms in total. The fourth-order valence-electron chi connectivity index (χ4n) is 2.60. The Morgan fingerprint density at radius 1 is 0.931 bits per heavy atom. The summed E-state index contributed by atoms with van der Waals surface area (Å²) in [7, 11) is 5.56. The molecule has 2 aromatic carbocycles. The van der Waals surface area contributed by atoms with Crippen LogP contribution in [0.5, 0.6) is 5.75 Å². The lowest BCUT2D eigenvalue weighted by molar-refractivity contribution is -0.116. The lowest BCUT2D eigenvalue weighted by Crippen LogP contribution is -2.25. The number of anilines is 2. The lowest BCUT2D eigenvalue weighted by Gasteiger charge is -2.22. The van der Waals surface area contributed by atoms with Gasteiger partial charge in [0.25, 0.3) is 0 Å². The third-order valence-corrected chi connectivity index (χ3v) is 4.32. The van der Waals surface area contributed by atoms with Crippen LogP contribution in [0.3, 0.4) is 0 Å². The van der Waals surface area contributed by atoms with Gasteiger partial charge in [0.05, 0.1) is 5.56 Å². The Hall–Kier alpha value is -3.02. The van der Waals surface area contributed by atoms with E-state index in [-0.39, 0.29) is 18.5 Å². The van der Waals surface area contributed by atoms with Gasteiger partial charge in [0, 0.05) is 45.0 Å². The maximum absolute atomic E-state index is 12.7. The third-order valence-electron chi connectivity index (χ3n) is 4.32. The molecule has 29 heavy (non-hydrogen) atoms. The second-order valence-electron chi connectivity index (χ2n) is 8.10. The number of esters is 1. The van der Waals surface area contributed by atoms with Gasteiger partial charge in [-0.1, -0.05) is 6.07 Å². The van der Waals surface area contributed by atoms with Crippen LogP contribution in [0.2, 0.25) is 0 Å². The van der Waals surface area contributed by atoms with Gasteiger partial charge in [-0.05, 0) is 57.2 Å². The van der Waals surface area contributed by atoms with Crippen LogP contribution in [-0.2, 0) is 16.1 Å². The van der Waals surface area contributed by atoms with Crippen molar-refractivity contribution in [1.82, 2.24) is 0 Å². The first-order chi connectivity index (χ1) is 13.5. The first kappa shape index (κ1) is 22.3. The number of amides is 1. The highest BCUT2D eigenvalue weighted by molar-refractivity contribution is 5.92. The van der Waals surface area contributed by atoms with Crippen LogP contribution in [0.4, 0.5) is 11.4 Å². The van der Waals surface area contributed by atoms with Crippen molar-refractivity contribution < 1.29 is 19.1 Å². The molecule has 0 unspecified atom stereocenters. The highest BCUT2D eigenvalue weighted by Crippen LogP contribution is 2.24. The summed E-state index contributed by atoms with van der Waals surface area (Å²) in [6.07, 6.45) is 0. The first-order valence-corrected chi connectivity index (χ1v) is 9.48. The van der Waals surface area contributed by atoms with Gasteiger partial charge in [-0.2, -0.15) is 0 Å². The minimum atomic E-state index is -0.581. The quantitative estimate of drug-likeness (QED) is 0.680. The fourth-order valence-corrected chi connectivity index (χ4v) is 2.60. The molecule has 0 atom stereocenters.